The van der Waals surface area contributed by atoms with Gasteiger partial charge in [0.2, 0.25) is 5.95 Å². The number of aromatic nitrogens is 2. The first-order valence-corrected chi connectivity index (χ1v) is 7.15. The quantitative estimate of drug-likeness (QED) is 0.857. The van der Waals surface area contributed by atoms with Gasteiger partial charge in [0.15, 0.2) is 0 Å². The molecule has 3 heteroatoms. The van der Waals surface area contributed by atoms with Gasteiger partial charge in [0.1, 0.15) is 0 Å². The minimum Gasteiger partial charge on any atom is -0.353 e. The molecule has 3 rings (SSSR count). The van der Waals surface area contributed by atoms with E-state index < -0.39 is 0 Å². The Morgan fingerprint density at radius 2 is 2.05 bits per heavy atom. The van der Waals surface area contributed by atoms with Crippen molar-refractivity contribution in [2.75, 3.05) is 5.32 Å². The van der Waals surface area contributed by atoms with Crippen molar-refractivity contribution in [1.29, 1.82) is 0 Å². The zero-order valence-electron chi connectivity index (χ0n) is 11.5. The summed E-state index contributed by atoms with van der Waals surface area (Å²) >= 11 is 0. The first-order valence-electron chi connectivity index (χ1n) is 7.15. The standard InChI is InChI=1S/C16H21N3/c1-13-12-19(16(17-13)18-15-9-10-15)11-5-8-14-6-3-2-4-7-14/h2-4,6-7,12,15H,5,8-11H2,1H3,(H,17,18). The van der Waals surface area contributed by atoms with Crippen LogP contribution in [0.4, 0.5) is 5.95 Å². The fourth-order valence-electron chi connectivity index (χ4n) is 2.34. The van der Waals surface area contributed by atoms with Gasteiger partial charge in [0.05, 0.1) is 5.69 Å². The molecular formula is C16H21N3. The zero-order valence-corrected chi connectivity index (χ0v) is 11.5. The molecule has 1 aromatic heterocycles. The number of hydrogen-bond acceptors (Lipinski definition) is 2. The SMILES string of the molecule is Cc1cn(CCCc2ccccc2)c(NC2CC2)n1. The van der Waals surface area contributed by atoms with E-state index in [1.54, 1.807) is 0 Å². The molecule has 1 N–H and O–H groups in total. The molecule has 2 aromatic rings. The lowest BCUT2D eigenvalue weighted by Crippen LogP contribution is -2.09. The van der Waals surface area contributed by atoms with Gasteiger partial charge in [-0.1, -0.05) is 30.3 Å². The number of hydrogen-bond donors (Lipinski definition) is 1. The Hall–Kier alpha value is -1.77. The lowest BCUT2D eigenvalue weighted by atomic mass is 10.1. The summed E-state index contributed by atoms with van der Waals surface area (Å²) in [6.07, 6.45) is 7.00. The molecule has 1 heterocycles. The second-order valence-corrected chi connectivity index (χ2v) is 5.41. The lowest BCUT2D eigenvalue weighted by molar-refractivity contribution is 0.645. The molecule has 1 aromatic carbocycles. The van der Waals surface area contributed by atoms with E-state index in [0.717, 1.165) is 31.0 Å². The van der Waals surface area contributed by atoms with Gasteiger partial charge in [-0.15, -0.1) is 0 Å². The number of nitrogens with one attached hydrogen (secondary N) is 1. The number of aryl methyl sites for hydroxylation is 3. The van der Waals surface area contributed by atoms with Crippen molar-refractivity contribution >= 4 is 5.95 Å². The molecule has 1 aliphatic carbocycles. The molecule has 0 amide bonds. The fourth-order valence-corrected chi connectivity index (χ4v) is 2.34. The first kappa shape index (κ1) is 12.3. The van der Waals surface area contributed by atoms with E-state index in [9.17, 15) is 0 Å². The number of anilines is 1. The Balaban J connectivity index is 1.57. The van der Waals surface area contributed by atoms with Crippen LogP contribution in [-0.4, -0.2) is 15.6 Å². The summed E-state index contributed by atoms with van der Waals surface area (Å²) in [5.41, 5.74) is 2.51. The minimum absolute atomic E-state index is 0.662. The Bertz CT molecular complexity index is 526. The van der Waals surface area contributed by atoms with Gasteiger partial charge < -0.3 is 9.88 Å². The maximum atomic E-state index is 4.57. The van der Waals surface area contributed by atoms with Gasteiger partial charge in [-0.05, 0) is 38.2 Å². The molecule has 0 atom stereocenters. The van der Waals surface area contributed by atoms with Crippen LogP contribution >= 0.6 is 0 Å². The Morgan fingerprint density at radius 1 is 1.26 bits per heavy atom. The number of rotatable bonds is 6. The summed E-state index contributed by atoms with van der Waals surface area (Å²) in [4.78, 5) is 4.57. The predicted molar refractivity (Wildman–Crippen MR) is 78.4 cm³/mol. The summed E-state index contributed by atoms with van der Waals surface area (Å²) in [6, 6.07) is 11.3. The Labute approximate surface area is 114 Å². The second-order valence-electron chi connectivity index (χ2n) is 5.41. The van der Waals surface area contributed by atoms with Crippen LogP contribution in [0.3, 0.4) is 0 Å². The van der Waals surface area contributed by atoms with Gasteiger partial charge in [0, 0.05) is 18.8 Å². The van der Waals surface area contributed by atoms with Gasteiger partial charge in [0.25, 0.3) is 0 Å². The zero-order chi connectivity index (χ0) is 13.1. The number of benzene rings is 1. The van der Waals surface area contributed by atoms with Crippen LogP contribution in [0.25, 0.3) is 0 Å². The summed E-state index contributed by atoms with van der Waals surface area (Å²) in [5.74, 6) is 1.05. The molecule has 0 radical (unpaired) electrons. The van der Waals surface area contributed by atoms with Crippen molar-refractivity contribution in [3.8, 4) is 0 Å². The monoisotopic (exact) mass is 255 g/mol. The van der Waals surface area contributed by atoms with Crippen LogP contribution < -0.4 is 5.32 Å². The summed E-state index contributed by atoms with van der Waals surface area (Å²) in [6.45, 7) is 3.09. The molecule has 19 heavy (non-hydrogen) atoms. The Morgan fingerprint density at radius 3 is 2.79 bits per heavy atom. The summed E-state index contributed by atoms with van der Waals surface area (Å²) in [5, 5.41) is 3.51. The topological polar surface area (TPSA) is 29.9 Å². The van der Waals surface area contributed by atoms with E-state index in [0.29, 0.717) is 6.04 Å². The van der Waals surface area contributed by atoms with Crippen molar-refractivity contribution in [3.05, 3.63) is 47.8 Å². The number of imidazole rings is 1. The smallest absolute Gasteiger partial charge is 0.203 e. The highest BCUT2D eigenvalue weighted by Crippen LogP contribution is 2.24. The first-order chi connectivity index (χ1) is 9.31. The average Bonchev–Trinajstić information content (AvgIpc) is 3.15. The maximum Gasteiger partial charge on any atom is 0.203 e. The van der Waals surface area contributed by atoms with E-state index in [1.807, 2.05) is 0 Å². The highest BCUT2D eigenvalue weighted by Gasteiger charge is 2.22. The third kappa shape index (κ3) is 3.37. The van der Waals surface area contributed by atoms with E-state index in [2.05, 4.69) is 58.3 Å². The number of nitrogens with zero attached hydrogens (tertiary/aromatic N) is 2. The molecule has 100 valence electrons. The largest absolute Gasteiger partial charge is 0.353 e. The molecule has 3 nitrogen and oxygen atoms in total. The molecule has 1 aliphatic rings. The van der Waals surface area contributed by atoms with E-state index in [4.69, 9.17) is 0 Å². The van der Waals surface area contributed by atoms with Crippen LogP contribution in [0, 0.1) is 6.92 Å². The van der Waals surface area contributed by atoms with Crippen molar-refractivity contribution < 1.29 is 0 Å². The fraction of sp³-hybridized carbons (Fsp3) is 0.438. The molecule has 0 aliphatic heterocycles. The highest BCUT2D eigenvalue weighted by molar-refractivity contribution is 5.32. The molecule has 0 spiro atoms. The second kappa shape index (κ2) is 5.47. The van der Waals surface area contributed by atoms with E-state index in [1.165, 1.54) is 18.4 Å². The van der Waals surface area contributed by atoms with E-state index in [-0.39, 0.29) is 0 Å². The molecular weight excluding hydrogens is 234 g/mol. The van der Waals surface area contributed by atoms with Gasteiger partial charge >= 0.3 is 0 Å². The average molecular weight is 255 g/mol. The normalized spacial score (nSPS) is 14.6. The van der Waals surface area contributed by atoms with Crippen molar-refractivity contribution in [3.63, 3.8) is 0 Å². The third-order valence-corrected chi connectivity index (χ3v) is 3.51. The van der Waals surface area contributed by atoms with Gasteiger partial charge in [-0.3, -0.25) is 0 Å². The summed E-state index contributed by atoms with van der Waals surface area (Å²) < 4.78 is 2.26. The van der Waals surface area contributed by atoms with Crippen LogP contribution in [-0.2, 0) is 13.0 Å². The maximum absolute atomic E-state index is 4.57. The molecule has 1 saturated carbocycles. The molecule has 0 bridgehead atoms. The Kier molecular flexibility index (Phi) is 3.53. The predicted octanol–water partition coefficient (Wildman–Crippen LogP) is 3.40. The minimum atomic E-state index is 0.662. The van der Waals surface area contributed by atoms with Crippen LogP contribution in [0.1, 0.15) is 30.5 Å². The summed E-state index contributed by atoms with van der Waals surface area (Å²) in [7, 11) is 0. The highest BCUT2D eigenvalue weighted by atomic mass is 15.2. The molecule has 0 saturated heterocycles. The molecule has 0 unspecified atom stereocenters. The van der Waals surface area contributed by atoms with Crippen molar-refractivity contribution in [2.24, 2.45) is 0 Å². The lowest BCUT2D eigenvalue weighted by Gasteiger charge is -2.08. The van der Waals surface area contributed by atoms with Crippen LogP contribution in [0.15, 0.2) is 36.5 Å². The molecule has 1 fully saturated rings. The van der Waals surface area contributed by atoms with Gasteiger partial charge in [-0.2, -0.15) is 0 Å². The third-order valence-electron chi connectivity index (χ3n) is 3.51. The van der Waals surface area contributed by atoms with Crippen molar-refractivity contribution in [1.82, 2.24) is 9.55 Å². The van der Waals surface area contributed by atoms with Crippen molar-refractivity contribution in [2.45, 2.75) is 45.2 Å². The van der Waals surface area contributed by atoms with Gasteiger partial charge in [-0.25, -0.2) is 4.98 Å². The van der Waals surface area contributed by atoms with Crippen LogP contribution in [0.2, 0.25) is 0 Å². The van der Waals surface area contributed by atoms with Crippen LogP contribution in [0.5, 0.6) is 0 Å². The van der Waals surface area contributed by atoms with E-state index >= 15 is 0 Å².